The van der Waals surface area contributed by atoms with Crippen molar-refractivity contribution >= 4 is 28.5 Å². The van der Waals surface area contributed by atoms with Gasteiger partial charge in [-0.25, -0.2) is 0 Å². The Morgan fingerprint density at radius 3 is 1.89 bits per heavy atom. The van der Waals surface area contributed by atoms with Crippen LogP contribution >= 0.6 is 22.6 Å². The molecule has 1 aromatic carbocycles. The van der Waals surface area contributed by atoms with Crippen LogP contribution in [-0.2, 0) is 12.4 Å². The molecule has 18 heavy (non-hydrogen) atoms. The van der Waals surface area contributed by atoms with Gasteiger partial charge in [0, 0.05) is 3.57 Å². The van der Waals surface area contributed by atoms with Crippen molar-refractivity contribution in [1.29, 1.82) is 0 Å². The van der Waals surface area contributed by atoms with Crippen LogP contribution in [0.4, 0.5) is 26.3 Å². The Morgan fingerprint density at radius 2 is 1.56 bits per heavy atom. The number of alkyl halides is 6. The van der Waals surface area contributed by atoms with E-state index in [0.717, 1.165) is 22.6 Å². The number of hydrogen-bond acceptors (Lipinski definition) is 1. The van der Waals surface area contributed by atoms with Crippen molar-refractivity contribution in [2.24, 2.45) is 5.73 Å². The van der Waals surface area contributed by atoms with Crippen molar-refractivity contribution in [1.82, 2.24) is 0 Å². The van der Waals surface area contributed by atoms with Gasteiger partial charge in [-0.3, -0.25) is 4.79 Å². The number of primary amides is 1. The molecule has 0 aliphatic carbocycles. The maximum atomic E-state index is 12.6. The minimum atomic E-state index is -5.23. The van der Waals surface area contributed by atoms with E-state index in [-0.39, 0.29) is 6.07 Å². The fourth-order valence-electron chi connectivity index (χ4n) is 1.28. The number of nitrogens with two attached hydrogens (primary N) is 1. The second kappa shape index (κ2) is 4.59. The van der Waals surface area contributed by atoms with Gasteiger partial charge < -0.3 is 5.73 Å². The van der Waals surface area contributed by atoms with Gasteiger partial charge in [0.05, 0.1) is 16.7 Å². The highest BCUT2D eigenvalue weighted by Gasteiger charge is 2.45. The van der Waals surface area contributed by atoms with Crippen LogP contribution in [-0.4, -0.2) is 5.91 Å². The first-order valence-corrected chi connectivity index (χ1v) is 5.31. The van der Waals surface area contributed by atoms with Gasteiger partial charge in [0.15, 0.2) is 0 Å². The van der Waals surface area contributed by atoms with Gasteiger partial charge in [-0.2, -0.15) is 26.3 Å². The normalized spacial score (nSPS) is 12.6. The van der Waals surface area contributed by atoms with Crippen molar-refractivity contribution in [2.45, 2.75) is 12.4 Å². The average Bonchev–Trinajstić information content (AvgIpc) is 2.12. The molecule has 1 amide bonds. The zero-order chi connectivity index (χ0) is 14.3. The summed E-state index contributed by atoms with van der Waals surface area (Å²) in [5.41, 5.74) is 0.453. The fraction of sp³-hybridized carbons (Fsp3) is 0.222. The quantitative estimate of drug-likeness (QED) is 0.586. The van der Waals surface area contributed by atoms with Gasteiger partial charge in [0.2, 0.25) is 5.91 Å². The molecule has 9 heteroatoms. The van der Waals surface area contributed by atoms with Gasteiger partial charge in [-0.1, -0.05) is 0 Å². The van der Waals surface area contributed by atoms with E-state index >= 15 is 0 Å². The molecule has 1 rings (SSSR count). The van der Waals surface area contributed by atoms with Gasteiger partial charge in [-0.05, 0) is 34.7 Å². The lowest BCUT2D eigenvalue weighted by Crippen LogP contribution is -2.22. The number of rotatable bonds is 1. The monoisotopic (exact) mass is 383 g/mol. The highest BCUT2D eigenvalue weighted by atomic mass is 127. The van der Waals surface area contributed by atoms with Gasteiger partial charge in [-0.15, -0.1) is 0 Å². The fourth-order valence-corrected chi connectivity index (χ4v) is 2.32. The van der Waals surface area contributed by atoms with E-state index in [1.54, 1.807) is 0 Å². The molecule has 0 fully saturated rings. The molecule has 0 unspecified atom stereocenters. The molecule has 100 valence electrons. The predicted molar refractivity (Wildman–Crippen MR) is 57.7 cm³/mol. The SMILES string of the molecule is NC(=O)c1ccc(C(F)(F)F)c(C(F)(F)F)c1I. The molecule has 1 aromatic rings. The highest BCUT2D eigenvalue weighted by Crippen LogP contribution is 2.43. The summed E-state index contributed by atoms with van der Waals surface area (Å²) in [6.45, 7) is 0. The standard InChI is InChI=1S/C9H4F6INO/c10-8(11,12)4-2-1-3(7(17)18)6(16)5(4)9(13,14)15/h1-2H,(H2,17,18). The van der Waals surface area contributed by atoms with Crippen LogP contribution in [0.25, 0.3) is 0 Å². The molecule has 0 heterocycles. The molecule has 0 spiro atoms. The molecule has 0 atom stereocenters. The van der Waals surface area contributed by atoms with E-state index in [2.05, 4.69) is 0 Å². The highest BCUT2D eigenvalue weighted by molar-refractivity contribution is 14.1. The Hall–Kier alpha value is -1.00. The van der Waals surface area contributed by atoms with E-state index in [4.69, 9.17) is 5.73 Å². The maximum absolute atomic E-state index is 12.6. The third kappa shape index (κ3) is 2.87. The Kier molecular flexibility index (Phi) is 3.84. The minimum Gasteiger partial charge on any atom is -0.366 e. The average molecular weight is 383 g/mol. The summed E-state index contributed by atoms with van der Waals surface area (Å²) in [6.07, 6.45) is -10.4. The second-order valence-electron chi connectivity index (χ2n) is 3.21. The van der Waals surface area contributed by atoms with Gasteiger partial charge >= 0.3 is 12.4 Å². The van der Waals surface area contributed by atoms with Crippen LogP contribution in [0, 0.1) is 3.57 Å². The van der Waals surface area contributed by atoms with Crippen molar-refractivity contribution in [3.63, 3.8) is 0 Å². The molecule has 0 saturated heterocycles. The van der Waals surface area contributed by atoms with Crippen LogP contribution in [0.3, 0.4) is 0 Å². The van der Waals surface area contributed by atoms with E-state index in [1.165, 1.54) is 0 Å². The third-order valence-corrected chi connectivity index (χ3v) is 3.12. The number of halogens is 7. The number of carbonyl (C=O) groups is 1. The van der Waals surface area contributed by atoms with Crippen LogP contribution in [0.5, 0.6) is 0 Å². The summed E-state index contributed by atoms with van der Waals surface area (Å²) in [4.78, 5) is 10.8. The molecule has 0 aromatic heterocycles. The molecule has 0 radical (unpaired) electrons. The summed E-state index contributed by atoms with van der Waals surface area (Å²) in [6, 6.07) is 0.827. The van der Waals surface area contributed by atoms with Gasteiger partial charge in [0.25, 0.3) is 0 Å². The van der Waals surface area contributed by atoms with E-state index in [0.29, 0.717) is 6.07 Å². The largest absolute Gasteiger partial charge is 0.418 e. The summed E-state index contributed by atoms with van der Waals surface area (Å²) < 4.78 is 74.4. The molecule has 0 saturated carbocycles. The topological polar surface area (TPSA) is 43.1 Å². The summed E-state index contributed by atoms with van der Waals surface area (Å²) in [5, 5.41) is 0. The van der Waals surface area contributed by atoms with E-state index in [9.17, 15) is 31.1 Å². The first kappa shape index (κ1) is 15.1. The zero-order valence-corrected chi connectivity index (χ0v) is 10.4. The smallest absolute Gasteiger partial charge is 0.366 e. The first-order valence-electron chi connectivity index (χ1n) is 4.23. The van der Waals surface area contributed by atoms with E-state index in [1.807, 2.05) is 0 Å². The number of hydrogen-bond donors (Lipinski definition) is 1. The molecule has 0 bridgehead atoms. The lowest BCUT2D eigenvalue weighted by molar-refractivity contribution is -0.162. The van der Waals surface area contributed by atoms with Crippen molar-refractivity contribution < 1.29 is 31.1 Å². The predicted octanol–water partition coefficient (Wildman–Crippen LogP) is 3.43. The lowest BCUT2D eigenvalue weighted by Gasteiger charge is -2.18. The number of carbonyl (C=O) groups excluding carboxylic acids is 1. The molecule has 2 N–H and O–H groups in total. The Bertz CT molecular complexity index is 493. The first-order chi connectivity index (χ1) is 7.96. The Morgan fingerprint density at radius 1 is 1.06 bits per heavy atom. The molecule has 2 nitrogen and oxygen atoms in total. The van der Waals surface area contributed by atoms with Gasteiger partial charge in [0.1, 0.15) is 0 Å². The molecule has 0 aliphatic heterocycles. The zero-order valence-electron chi connectivity index (χ0n) is 8.29. The maximum Gasteiger partial charge on any atom is 0.418 e. The van der Waals surface area contributed by atoms with Crippen LogP contribution in [0.15, 0.2) is 12.1 Å². The van der Waals surface area contributed by atoms with Crippen molar-refractivity contribution in [3.8, 4) is 0 Å². The molecular formula is C9H4F6INO. The molecule has 0 aliphatic rings. The minimum absolute atomic E-state index is 0.199. The van der Waals surface area contributed by atoms with Crippen molar-refractivity contribution in [2.75, 3.05) is 0 Å². The van der Waals surface area contributed by atoms with Crippen molar-refractivity contribution in [3.05, 3.63) is 32.4 Å². The summed E-state index contributed by atoms with van der Waals surface area (Å²) in [7, 11) is 0. The van der Waals surface area contributed by atoms with E-state index < -0.39 is 38.5 Å². The third-order valence-electron chi connectivity index (χ3n) is 2.00. The summed E-state index contributed by atoms with van der Waals surface area (Å²) in [5.74, 6) is -1.22. The lowest BCUT2D eigenvalue weighted by atomic mass is 10.0. The van der Waals surface area contributed by atoms with Crippen LogP contribution in [0.1, 0.15) is 21.5 Å². The summed E-state index contributed by atoms with van der Waals surface area (Å²) >= 11 is 1.03. The molecular weight excluding hydrogens is 379 g/mol. The second-order valence-corrected chi connectivity index (χ2v) is 4.29. The Balaban J connectivity index is 3.69. The van der Waals surface area contributed by atoms with Crippen LogP contribution < -0.4 is 5.73 Å². The Labute approximate surface area is 110 Å². The number of amides is 1. The van der Waals surface area contributed by atoms with Crippen LogP contribution in [0.2, 0.25) is 0 Å². The number of benzene rings is 1.